The summed E-state index contributed by atoms with van der Waals surface area (Å²) >= 11 is 0. The zero-order chi connectivity index (χ0) is 26.8. The lowest BCUT2D eigenvalue weighted by Gasteiger charge is -2.35. The van der Waals surface area contributed by atoms with Gasteiger partial charge in [-0.3, -0.25) is 4.98 Å². The molecular weight excluding hydrogens is 507 g/mol. The molecule has 4 aromatic rings. The lowest BCUT2D eigenvalue weighted by atomic mass is 9.84. The van der Waals surface area contributed by atoms with Crippen molar-refractivity contribution in [3.8, 4) is 11.8 Å². The molecule has 0 fully saturated rings. The predicted molar refractivity (Wildman–Crippen MR) is 114 cm³/mol. The Morgan fingerprint density at radius 2 is 1.54 bits per heavy atom. The van der Waals surface area contributed by atoms with Crippen molar-refractivity contribution in [2.45, 2.75) is 24.2 Å². The Labute approximate surface area is 204 Å². The zero-order valence-corrected chi connectivity index (χ0v) is 18.4. The van der Waals surface area contributed by atoms with Crippen LogP contribution in [0.5, 0.6) is 0 Å². The Hall–Kier alpha value is -4.31. The molecule has 0 aliphatic carbocycles. The van der Waals surface area contributed by atoms with Crippen LogP contribution in [-0.2, 0) is 24.2 Å². The van der Waals surface area contributed by atoms with E-state index >= 15 is 8.78 Å². The molecule has 4 rings (SSSR count). The maximum Gasteiger partial charge on any atom is 0.416 e. The van der Waals surface area contributed by atoms with Gasteiger partial charge in [0, 0.05) is 22.9 Å². The van der Waals surface area contributed by atoms with Gasteiger partial charge < -0.3 is 5.11 Å². The number of hydrogen-bond donors (Lipinski definition) is 1. The molecule has 37 heavy (non-hydrogen) atoms. The van der Waals surface area contributed by atoms with E-state index in [4.69, 9.17) is 0 Å². The molecule has 6 nitrogen and oxygen atoms in total. The van der Waals surface area contributed by atoms with Crippen molar-refractivity contribution in [3.63, 3.8) is 0 Å². The van der Waals surface area contributed by atoms with Crippen molar-refractivity contribution in [2.75, 3.05) is 0 Å². The van der Waals surface area contributed by atoms with Gasteiger partial charge in [0.2, 0.25) is 0 Å². The quantitative estimate of drug-likeness (QED) is 0.311. The van der Waals surface area contributed by atoms with E-state index in [2.05, 4.69) is 32.4 Å². The first kappa shape index (κ1) is 25.8. The first-order valence-electron chi connectivity index (χ1n) is 10.3. The van der Waals surface area contributed by atoms with Gasteiger partial charge in [0.05, 0.1) is 12.1 Å². The van der Waals surface area contributed by atoms with Gasteiger partial charge in [-0.1, -0.05) is 17.9 Å². The Balaban J connectivity index is 1.73. The summed E-state index contributed by atoms with van der Waals surface area (Å²) in [5.41, 5.74) is -6.38. The third kappa shape index (κ3) is 5.29. The number of hydrogen-bond acceptors (Lipinski definition) is 5. The van der Waals surface area contributed by atoms with Gasteiger partial charge >= 0.3 is 12.1 Å². The number of halogens is 7. The monoisotopic (exact) mass is 521 g/mol. The molecule has 1 atom stereocenters. The van der Waals surface area contributed by atoms with E-state index in [0.29, 0.717) is 22.4 Å². The standard InChI is InChI=1S/C24H14F7N5O/c25-18-7-3-15(4-8-18)1-2-16-5-10-21(32-12-16)23(27,28)22(37,13-36-14-33-34-35-36)19-9-6-17(11-20(19)26)24(29,30)31/h3-12,14,37H,13H2. The van der Waals surface area contributed by atoms with Crippen molar-refractivity contribution in [2.24, 2.45) is 0 Å². The van der Waals surface area contributed by atoms with Crippen LogP contribution in [0.4, 0.5) is 30.7 Å². The van der Waals surface area contributed by atoms with Crippen LogP contribution in [0.25, 0.3) is 0 Å². The fourth-order valence-electron chi connectivity index (χ4n) is 3.41. The Kier molecular flexibility index (Phi) is 6.70. The molecule has 0 saturated carbocycles. The third-order valence-corrected chi connectivity index (χ3v) is 5.32. The lowest BCUT2D eigenvalue weighted by molar-refractivity contribution is -0.207. The topological polar surface area (TPSA) is 76.7 Å². The van der Waals surface area contributed by atoms with Gasteiger partial charge in [-0.15, -0.1) is 5.10 Å². The zero-order valence-electron chi connectivity index (χ0n) is 18.4. The average molecular weight is 521 g/mol. The maximum atomic E-state index is 15.8. The molecule has 0 aliphatic rings. The first-order chi connectivity index (χ1) is 17.4. The van der Waals surface area contributed by atoms with Gasteiger partial charge in [-0.2, -0.15) is 22.0 Å². The summed E-state index contributed by atoms with van der Waals surface area (Å²) in [5, 5.41) is 21.1. The summed E-state index contributed by atoms with van der Waals surface area (Å²) in [4.78, 5) is 3.65. The van der Waals surface area contributed by atoms with E-state index in [-0.39, 0.29) is 11.6 Å². The normalized spacial score (nSPS) is 13.5. The van der Waals surface area contributed by atoms with Gasteiger partial charge in [0.25, 0.3) is 0 Å². The predicted octanol–water partition coefficient (Wildman–Crippen LogP) is 4.44. The van der Waals surface area contributed by atoms with Crippen LogP contribution in [-0.4, -0.2) is 30.3 Å². The van der Waals surface area contributed by atoms with Crippen molar-refractivity contribution < 1.29 is 35.8 Å². The van der Waals surface area contributed by atoms with Crippen LogP contribution in [0.2, 0.25) is 0 Å². The minimum Gasteiger partial charge on any atom is -0.377 e. The second kappa shape index (κ2) is 9.62. The van der Waals surface area contributed by atoms with E-state index < -0.39 is 52.7 Å². The van der Waals surface area contributed by atoms with Gasteiger partial charge in [0.1, 0.15) is 23.7 Å². The van der Waals surface area contributed by atoms with Crippen LogP contribution in [0, 0.1) is 23.5 Å². The molecule has 0 amide bonds. The highest BCUT2D eigenvalue weighted by Crippen LogP contribution is 2.47. The molecule has 0 aliphatic heterocycles. The minimum absolute atomic E-state index is 0.0114. The van der Waals surface area contributed by atoms with E-state index in [0.717, 1.165) is 24.7 Å². The van der Waals surface area contributed by atoms with Gasteiger partial charge in [-0.25, -0.2) is 13.5 Å². The third-order valence-electron chi connectivity index (χ3n) is 5.32. The fraction of sp³-hybridized carbons (Fsp3) is 0.167. The Bertz CT molecular complexity index is 1440. The first-order valence-corrected chi connectivity index (χ1v) is 10.3. The minimum atomic E-state index is -4.94. The van der Waals surface area contributed by atoms with Crippen LogP contribution in [0.15, 0.2) is 67.1 Å². The number of pyridine rings is 1. The summed E-state index contributed by atoms with van der Waals surface area (Å²) in [5.74, 6) is -1.17. The molecule has 2 aromatic heterocycles. The highest BCUT2D eigenvalue weighted by atomic mass is 19.4. The van der Waals surface area contributed by atoms with Gasteiger partial charge in [0.15, 0.2) is 5.60 Å². The number of alkyl halides is 5. The number of aliphatic hydroxyl groups is 1. The molecule has 0 spiro atoms. The number of nitrogens with zero attached hydrogens (tertiary/aromatic N) is 5. The van der Waals surface area contributed by atoms with E-state index in [1.165, 1.54) is 24.3 Å². The molecule has 0 radical (unpaired) electrons. The van der Waals surface area contributed by atoms with Crippen molar-refractivity contribution in [3.05, 3.63) is 107 Å². The smallest absolute Gasteiger partial charge is 0.377 e. The van der Waals surface area contributed by atoms with Crippen LogP contribution in [0.1, 0.15) is 27.9 Å². The van der Waals surface area contributed by atoms with E-state index in [9.17, 15) is 27.1 Å². The second-order valence-corrected chi connectivity index (χ2v) is 7.82. The second-order valence-electron chi connectivity index (χ2n) is 7.82. The van der Waals surface area contributed by atoms with Crippen LogP contribution >= 0.6 is 0 Å². The van der Waals surface area contributed by atoms with Crippen molar-refractivity contribution in [1.29, 1.82) is 0 Å². The van der Waals surface area contributed by atoms with E-state index in [1.54, 1.807) is 0 Å². The molecule has 1 N–H and O–H groups in total. The number of benzene rings is 2. The highest BCUT2D eigenvalue weighted by Gasteiger charge is 2.58. The molecule has 0 bridgehead atoms. The Morgan fingerprint density at radius 1 is 0.865 bits per heavy atom. The number of tetrazole rings is 1. The van der Waals surface area contributed by atoms with Crippen LogP contribution in [0.3, 0.4) is 0 Å². The largest absolute Gasteiger partial charge is 0.416 e. The summed E-state index contributed by atoms with van der Waals surface area (Å²) in [7, 11) is 0. The number of aromatic nitrogens is 5. The van der Waals surface area contributed by atoms with Crippen molar-refractivity contribution >= 4 is 0 Å². The van der Waals surface area contributed by atoms with E-state index in [1.807, 2.05) is 0 Å². The summed E-state index contributed by atoms with van der Waals surface area (Å²) in [6.07, 6.45) is -3.10. The summed E-state index contributed by atoms with van der Waals surface area (Å²) in [6, 6.07) is 8.02. The SMILES string of the molecule is OC(Cn1cnnn1)(c1ccc(C(F)(F)F)cc1F)C(F)(F)c1ccc(C#Cc2ccc(F)cc2)cn1. The summed E-state index contributed by atoms with van der Waals surface area (Å²) in [6.45, 7) is -1.12. The fourth-order valence-corrected chi connectivity index (χ4v) is 3.41. The lowest BCUT2D eigenvalue weighted by Crippen LogP contribution is -2.48. The Morgan fingerprint density at radius 3 is 2.11 bits per heavy atom. The molecule has 2 heterocycles. The number of rotatable bonds is 5. The van der Waals surface area contributed by atoms with Crippen molar-refractivity contribution in [1.82, 2.24) is 25.2 Å². The molecule has 2 aromatic carbocycles. The maximum absolute atomic E-state index is 15.8. The van der Waals surface area contributed by atoms with Gasteiger partial charge in [-0.05, 0) is 59.0 Å². The molecule has 190 valence electrons. The molecular formula is C24H14F7N5O. The molecule has 1 unspecified atom stereocenters. The van der Waals surface area contributed by atoms with Crippen LogP contribution < -0.4 is 0 Å². The average Bonchev–Trinajstić information content (AvgIpc) is 3.36. The highest BCUT2D eigenvalue weighted by molar-refractivity contribution is 5.42. The molecule has 13 heteroatoms. The summed E-state index contributed by atoms with van der Waals surface area (Å²) < 4.78 is 98.9. The molecule has 0 saturated heterocycles.